The van der Waals surface area contributed by atoms with Gasteiger partial charge >= 0.3 is 6.03 Å². The van der Waals surface area contributed by atoms with Crippen molar-refractivity contribution < 1.29 is 14.0 Å². The van der Waals surface area contributed by atoms with Gasteiger partial charge in [0.15, 0.2) is 0 Å². The second-order valence-electron chi connectivity index (χ2n) is 6.44. The van der Waals surface area contributed by atoms with Crippen LogP contribution >= 0.6 is 23.2 Å². The number of amides is 3. The van der Waals surface area contributed by atoms with E-state index in [1.54, 1.807) is 18.2 Å². The summed E-state index contributed by atoms with van der Waals surface area (Å²) >= 11 is 12.1. The predicted molar refractivity (Wildman–Crippen MR) is 118 cm³/mol. The Kier molecular flexibility index (Phi) is 7.27. The lowest BCUT2D eigenvalue weighted by Crippen LogP contribution is -2.47. The molecule has 3 amide bonds. The van der Waals surface area contributed by atoms with Crippen LogP contribution in [-0.4, -0.2) is 18.0 Å². The number of halogens is 3. The molecular weight excluding hydrogens is 428 g/mol. The van der Waals surface area contributed by atoms with Crippen molar-refractivity contribution in [1.82, 2.24) is 5.32 Å². The summed E-state index contributed by atoms with van der Waals surface area (Å²) in [6, 6.07) is 17.9. The lowest BCUT2D eigenvalue weighted by atomic mass is 10.1. The number of hydrogen-bond donors (Lipinski definition) is 3. The number of nitrogens with one attached hydrogen (secondary N) is 3. The zero-order valence-electron chi connectivity index (χ0n) is 15.7. The highest BCUT2D eigenvalue weighted by atomic mass is 35.5. The molecule has 3 aromatic rings. The molecule has 8 heteroatoms. The molecule has 0 unspecified atom stereocenters. The second-order valence-corrected chi connectivity index (χ2v) is 7.22. The first-order chi connectivity index (χ1) is 14.4. The molecule has 0 fully saturated rings. The zero-order valence-corrected chi connectivity index (χ0v) is 17.2. The topological polar surface area (TPSA) is 70.2 Å². The molecule has 0 saturated heterocycles. The maximum absolute atomic E-state index is 13.1. The van der Waals surface area contributed by atoms with E-state index >= 15 is 0 Å². The van der Waals surface area contributed by atoms with Gasteiger partial charge in [0.1, 0.15) is 11.9 Å². The van der Waals surface area contributed by atoms with E-state index in [0.29, 0.717) is 16.4 Å². The van der Waals surface area contributed by atoms with Crippen LogP contribution < -0.4 is 16.0 Å². The van der Waals surface area contributed by atoms with E-state index in [4.69, 9.17) is 23.2 Å². The van der Waals surface area contributed by atoms with Crippen molar-refractivity contribution >= 4 is 46.5 Å². The van der Waals surface area contributed by atoms with Crippen molar-refractivity contribution in [3.05, 3.63) is 94.2 Å². The number of anilines is 2. The van der Waals surface area contributed by atoms with Crippen LogP contribution in [0.1, 0.15) is 5.56 Å². The number of carbonyl (C=O) groups is 2. The highest BCUT2D eigenvalue weighted by Gasteiger charge is 2.22. The summed E-state index contributed by atoms with van der Waals surface area (Å²) in [5, 5.41) is 8.43. The van der Waals surface area contributed by atoms with Gasteiger partial charge in [0, 0.05) is 12.1 Å². The van der Waals surface area contributed by atoms with Crippen molar-refractivity contribution in [2.45, 2.75) is 12.5 Å². The van der Waals surface area contributed by atoms with Gasteiger partial charge in [-0.05, 0) is 42.0 Å². The van der Waals surface area contributed by atoms with Crippen molar-refractivity contribution in [1.29, 1.82) is 0 Å². The quantitative estimate of drug-likeness (QED) is 0.468. The zero-order chi connectivity index (χ0) is 21.5. The first-order valence-corrected chi connectivity index (χ1v) is 9.80. The van der Waals surface area contributed by atoms with Gasteiger partial charge in [-0.25, -0.2) is 9.18 Å². The number of urea groups is 1. The van der Waals surface area contributed by atoms with Gasteiger partial charge < -0.3 is 16.0 Å². The second kappa shape index (κ2) is 10.1. The molecule has 0 aliphatic rings. The van der Waals surface area contributed by atoms with Crippen LogP contribution in [0, 0.1) is 5.82 Å². The van der Waals surface area contributed by atoms with Crippen LogP contribution in [0.4, 0.5) is 20.6 Å². The van der Waals surface area contributed by atoms with Gasteiger partial charge in [0.05, 0.1) is 15.7 Å². The normalized spacial score (nSPS) is 11.4. The Morgan fingerprint density at radius 2 is 1.57 bits per heavy atom. The van der Waals surface area contributed by atoms with E-state index in [-0.39, 0.29) is 11.4 Å². The highest BCUT2D eigenvalue weighted by Crippen LogP contribution is 2.29. The molecule has 3 rings (SSSR count). The van der Waals surface area contributed by atoms with Gasteiger partial charge in [0.2, 0.25) is 5.91 Å². The van der Waals surface area contributed by atoms with E-state index in [9.17, 15) is 14.0 Å². The molecular formula is C22H18Cl2FN3O2. The summed E-state index contributed by atoms with van der Waals surface area (Å²) in [4.78, 5) is 25.3. The fraction of sp³-hybridized carbons (Fsp3) is 0.0909. The summed E-state index contributed by atoms with van der Waals surface area (Å²) in [6.45, 7) is 0. The number of hydrogen-bond acceptors (Lipinski definition) is 2. The van der Waals surface area contributed by atoms with Gasteiger partial charge in [-0.15, -0.1) is 0 Å². The molecule has 0 spiro atoms. The molecule has 3 aromatic carbocycles. The average Bonchev–Trinajstić information content (AvgIpc) is 2.73. The summed E-state index contributed by atoms with van der Waals surface area (Å²) in [5.74, 6) is -0.859. The fourth-order valence-corrected chi connectivity index (χ4v) is 3.09. The van der Waals surface area contributed by atoms with Crippen molar-refractivity contribution in [2.24, 2.45) is 0 Å². The smallest absolute Gasteiger partial charge is 0.319 e. The average molecular weight is 446 g/mol. The minimum absolute atomic E-state index is 0.199. The SMILES string of the molecule is O=C(Nc1cccc(Cl)c1Cl)N[C@H](Cc1ccccc1)C(=O)Nc1ccc(F)cc1. The van der Waals surface area contributed by atoms with Crippen molar-refractivity contribution in [3.63, 3.8) is 0 Å². The third kappa shape index (κ3) is 5.95. The van der Waals surface area contributed by atoms with Crippen LogP contribution in [0.15, 0.2) is 72.8 Å². The monoisotopic (exact) mass is 445 g/mol. The van der Waals surface area contributed by atoms with Gasteiger partial charge in [-0.1, -0.05) is 59.6 Å². The molecule has 1 atom stereocenters. The molecule has 3 N–H and O–H groups in total. The van der Waals surface area contributed by atoms with E-state index in [1.807, 2.05) is 30.3 Å². The van der Waals surface area contributed by atoms with E-state index in [0.717, 1.165) is 5.56 Å². The standard InChI is InChI=1S/C22H18Cl2FN3O2/c23-17-7-4-8-18(20(17)24)27-22(30)28-19(13-14-5-2-1-3-6-14)21(29)26-16-11-9-15(25)10-12-16/h1-12,19H,13H2,(H,26,29)(H2,27,28,30)/t19-/m1/s1. The molecule has 0 aliphatic carbocycles. The van der Waals surface area contributed by atoms with E-state index in [2.05, 4.69) is 16.0 Å². The minimum Gasteiger partial charge on any atom is -0.326 e. The van der Waals surface area contributed by atoms with Crippen molar-refractivity contribution in [2.75, 3.05) is 10.6 Å². The predicted octanol–water partition coefficient (Wildman–Crippen LogP) is 5.50. The number of rotatable bonds is 6. The Labute approximate surface area is 183 Å². The lowest BCUT2D eigenvalue weighted by molar-refractivity contribution is -0.117. The molecule has 0 bridgehead atoms. The Bertz CT molecular complexity index is 1030. The minimum atomic E-state index is -0.893. The Morgan fingerprint density at radius 1 is 0.867 bits per heavy atom. The maximum Gasteiger partial charge on any atom is 0.319 e. The largest absolute Gasteiger partial charge is 0.326 e. The molecule has 0 heterocycles. The first kappa shape index (κ1) is 21.6. The third-order valence-electron chi connectivity index (χ3n) is 4.22. The van der Waals surface area contributed by atoms with E-state index < -0.39 is 23.8 Å². The van der Waals surface area contributed by atoms with Crippen LogP contribution in [-0.2, 0) is 11.2 Å². The number of benzene rings is 3. The van der Waals surface area contributed by atoms with Gasteiger partial charge in [-0.2, -0.15) is 0 Å². The van der Waals surface area contributed by atoms with E-state index in [1.165, 1.54) is 24.3 Å². The molecule has 0 aliphatic heterocycles. The van der Waals surface area contributed by atoms with Gasteiger partial charge in [-0.3, -0.25) is 4.79 Å². The Hall–Kier alpha value is -3.09. The third-order valence-corrected chi connectivity index (χ3v) is 5.03. The number of carbonyl (C=O) groups excluding carboxylic acids is 2. The molecule has 0 radical (unpaired) electrons. The highest BCUT2D eigenvalue weighted by molar-refractivity contribution is 6.43. The summed E-state index contributed by atoms with van der Waals surface area (Å²) in [5.41, 5.74) is 1.59. The van der Waals surface area contributed by atoms with Gasteiger partial charge in [0.25, 0.3) is 0 Å². The first-order valence-electron chi connectivity index (χ1n) is 9.04. The van der Waals surface area contributed by atoms with Crippen molar-refractivity contribution in [3.8, 4) is 0 Å². The molecule has 0 saturated carbocycles. The van der Waals surface area contributed by atoms with Crippen LogP contribution in [0.3, 0.4) is 0 Å². The summed E-state index contributed by atoms with van der Waals surface area (Å²) in [6.07, 6.45) is 0.255. The molecule has 0 aromatic heterocycles. The summed E-state index contributed by atoms with van der Waals surface area (Å²) < 4.78 is 13.1. The molecule has 30 heavy (non-hydrogen) atoms. The van der Waals surface area contributed by atoms with Crippen LogP contribution in [0.25, 0.3) is 0 Å². The summed E-state index contributed by atoms with van der Waals surface area (Å²) in [7, 11) is 0. The lowest BCUT2D eigenvalue weighted by Gasteiger charge is -2.19. The molecule has 154 valence electrons. The Morgan fingerprint density at radius 3 is 2.27 bits per heavy atom. The van der Waals surface area contributed by atoms with Crippen LogP contribution in [0.5, 0.6) is 0 Å². The van der Waals surface area contributed by atoms with Crippen LogP contribution in [0.2, 0.25) is 10.0 Å². The Balaban J connectivity index is 1.74. The molecule has 5 nitrogen and oxygen atoms in total. The fourth-order valence-electron chi connectivity index (χ4n) is 2.74. The maximum atomic E-state index is 13.1.